The molecule has 35 heavy (non-hydrogen) atoms. The van der Waals surface area contributed by atoms with Crippen LogP contribution in [0, 0.1) is 0 Å². The summed E-state index contributed by atoms with van der Waals surface area (Å²) in [6, 6.07) is 19.6. The molecule has 2 N–H and O–H groups in total. The van der Waals surface area contributed by atoms with Gasteiger partial charge in [0.2, 0.25) is 11.8 Å². The van der Waals surface area contributed by atoms with Gasteiger partial charge in [-0.1, -0.05) is 23.7 Å². The molecule has 8 nitrogen and oxygen atoms in total. The molecule has 9 heteroatoms. The number of amides is 2. The average molecular weight is 496 g/mol. The first kappa shape index (κ1) is 25.6. The zero-order valence-corrected chi connectivity index (χ0v) is 20.2. The number of carbonyl (C=O) groups is 2. The lowest BCUT2D eigenvalue weighted by Gasteiger charge is -2.11. The molecule has 0 unspecified atom stereocenters. The Bertz CT molecular complexity index is 1160. The molecule has 0 aromatic heterocycles. The lowest BCUT2D eigenvalue weighted by atomic mass is 10.2. The van der Waals surface area contributed by atoms with Crippen LogP contribution in [0.25, 0.3) is 0 Å². The van der Waals surface area contributed by atoms with Crippen molar-refractivity contribution in [1.29, 1.82) is 0 Å². The maximum atomic E-state index is 12.0. The summed E-state index contributed by atoms with van der Waals surface area (Å²) in [4.78, 5) is 24.1. The van der Waals surface area contributed by atoms with Crippen molar-refractivity contribution in [1.82, 2.24) is 5.43 Å². The molecule has 0 saturated carbocycles. The SMILES string of the molecule is COc1ccc(NC(=O)CCC(=O)NN=Cc2ccc(OCc3ccc(Cl)cc3)c(OC)c2)cc1. The minimum atomic E-state index is -0.374. The van der Waals surface area contributed by atoms with Crippen molar-refractivity contribution >= 4 is 35.3 Å². The van der Waals surface area contributed by atoms with Crippen LogP contribution in [0.3, 0.4) is 0 Å². The van der Waals surface area contributed by atoms with Crippen molar-refractivity contribution in [3.63, 3.8) is 0 Å². The van der Waals surface area contributed by atoms with E-state index >= 15 is 0 Å². The van der Waals surface area contributed by atoms with Crippen LogP contribution in [0.15, 0.2) is 71.8 Å². The van der Waals surface area contributed by atoms with Crippen molar-refractivity contribution in [2.75, 3.05) is 19.5 Å². The summed E-state index contributed by atoms with van der Waals surface area (Å²) in [5.74, 6) is 1.16. The van der Waals surface area contributed by atoms with Crippen LogP contribution in [-0.2, 0) is 16.2 Å². The first-order valence-electron chi connectivity index (χ1n) is 10.8. The Morgan fingerprint density at radius 1 is 0.886 bits per heavy atom. The molecular formula is C26H26ClN3O5. The van der Waals surface area contributed by atoms with Gasteiger partial charge >= 0.3 is 0 Å². The summed E-state index contributed by atoms with van der Waals surface area (Å²) in [5.41, 5.74) is 4.73. The molecule has 0 fully saturated rings. The first-order chi connectivity index (χ1) is 17.0. The number of hydrazone groups is 1. The first-order valence-corrected chi connectivity index (χ1v) is 11.2. The largest absolute Gasteiger partial charge is 0.497 e. The lowest BCUT2D eigenvalue weighted by molar-refractivity contribution is -0.124. The van der Waals surface area contributed by atoms with Gasteiger partial charge in [-0.25, -0.2) is 5.43 Å². The number of nitrogens with zero attached hydrogens (tertiary/aromatic N) is 1. The average Bonchev–Trinajstić information content (AvgIpc) is 2.88. The van der Waals surface area contributed by atoms with Gasteiger partial charge in [0.25, 0.3) is 0 Å². The van der Waals surface area contributed by atoms with Gasteiger partial charge in [-0.3, -0.25) is 9.59 Å². The van der Waals surface area contributed by atoms with Crippen LogP contribution in [-0.4, -0.2) is 32.2 Å². The summed E-state index contributed by atoms with van der Waals surface area (Å²) < 4.78 is 16.3. The second-order valence-corrected chi connectivity index (χ2v) is 7.83. The van der Waals surface area contributed by atoms with E-state index in [1.807, 2.05) is 12.1 Å². The van der Waals surface area contributed by atoms with Crippen LogP contribution in [0.4, 0.5) is 5.69 Å². The van der Waals surface area contributed by atoms with Crippen LogP contribution < -0.4 is 25.0 Å². The van der Waals surface area contributed by atoms with E-state index in [-0.39, 0.29) is 24.7 Å². The van der Waals surface area contributed by atoms with Crippen LogP contribution in [0.5, 0.6) is 17.2 Å². The molecule has 0 radical (unpaired) electrons. The van der Waals surface area contributed by atoms with Gasteiger partial charge in [-0.2, -0.15) is 5.10 Å². The van der Waals surface area contributed by atoms with Gasteiger partial charge in [0.15, 0.2) is 11.5 Å². The molecule has 0 spiro atoms. The standard InChI is InChI=1S/C26H26ClN3O5/c1-33-22-10-8-21(9-11-22)29-25(31)13-14-26(32)30-28-16-19-5-12-23(24(15-19)34-2)35-17-18-3-6-20(27)7-4-18/h3-12,15-16H,13-14,17H2,1-2H3,(H,29,31)(H,30,32). The Morgan fingerprint density at radius 2 is 1.60 bits per heavy atom. The minimum absolute atomic E-state index is 0.000124. The maximum absolute atomic E-state index is 12.0. The quantitative estimate of drug-likeness (QED) is 0.294. The highest BCUT2D eigenvalue weighted by atomic mass is 35.5. The highest BCUT2D eigenvalue weighted by Gasteiger charge is 2.08. The zero-order valence-electron chi connectivity index (χ0n) is 19.4. The summed E-state index contributed by atoms with van der Waals surface area (Å²) in [5, 5.41) is 7.34. The van der Waals surface area contributed by atoms with Gasteiger partial charge in [0.1, 0.15) is 12.4 Å². The third kappa shape index (κ3) is 8.35. The molecule has 182 valence electrons. The molecule has 0 aliphatic carbocycles. The van der Waals surface area contributed by atoms with E-state index < -0.39 is 0 Å². The topological polar surface area (TPSA) is 98.2 Å². The molecule has 0 aliphatic rings. The van der Waals surface area contributed by atoms with Crippen LogP contribution >= 0.6 is 11.6 Å². The van der Waals surface area contributed by atoms with E-state index in [1.165, 1.54) is 6.21 Å². The Morgan fingerprint density at radius 3 is 2.29 bits per heavy atom. The van der Waals surface area contributed by atoms with E-state index in [2.05, 4.69) is 15.8 Å². The number of ether oxygens (including phenoxy) is 3. The summed E-state index contributed by atoms with van der Waals surface area (Å²) in [6.45, 7) is 0.364. The fourth-order valence-corrected chi connectivity index (χ4v) is 3.11. The number of rotatable bonds is 11. The van der Waals surface area contributed by atoms with E-state index in [9.17, 15) is 9.59 Å². The summed E-state index contributed by atoms with van der Waals surface area (Å²) in [6.07, 6.45) is 1.52. The number of hydrogen-bond donors (Lipinski definition) is 2. The molecule has 0 saturated heterocycles. The Balaban J connectivity index is 1.44. The molecule has 3 rings (SSSR count). The highest BCUT2D eigenvalue weighted by Crippen LogP contribution is 2.28. The Kier molecular flexibility index (Phi) is 9.50. The fraction of sp³-hybridized carbons (Fsp3) is 0.192. The number of hydrogen-bond acceptors (Lipinski definition) is 6. The molecule has 0 atom stereocenters. The second kappa shape index (κ2) is 13.0. The van der Waals surface area contributed by atoms with Crippen molar-refractivity contribution in [3.05, 3.63) is 82.9 Å². The summed E-state index contributed by atoms with van der Waals surface area (Å²) in [7, 11) is 3.11. The van der Waals surface area contributed by atoms with Gasteiger partial charge in [-0.05, 0) is 65.7 Å². The Labute approximate surface area is 208 Å². The van der Waals surface area contributed by atoms with Crippen LogP contribution in [0.2, 0.25) is 5.02 Å². The fourth-order valence-electron chi connectivity index (χ4n) is 2.99. The molecule has 0 aliphatic heterocycles. The zero-order chi connectivity index (χ0) is 25.0. The highest BCUT2D eigenvalue weighted by molar-refractivity contribution is 6.30. The molecule has 3 aromatic rings. The van der Waals surface area contributed by atoms with Crippen molar-refractivity contribution in [2.45, 2.75) is 19.4 Å². The number of benzene rings is 3. The monoisotopic (exact) mass is 495 g/mol. The molecule has 3 aromatic carbocycles. The Hall–Kier alpha value is -4.04. The predicted octanol–water partition coefficient (Wildman–Crippen LogP) is 4.81. The second-order valence-electron chi connectivity index (χ2n) is 7.40. The van der Waals surface area contributed by atoms with E-state index in [0.717, 1.165) is 5.56 Å². The molecule has 0 bridgehead atoms. The minimum Gasteiger partial charge on any atom is -0.497 e. The predicted molar refractivity (Wildman–Crippen MR) is 135 cm³/mol. The normalized spacial score (nSPS) is 10.6. The van der Waals surface area contributed by atoms with Crippen molar-refractivity contribution < 1.29 is 23.8 Å². The van der Waals surface area contributed by atoms with E-state index in [0.29, 0.717) is 40.1 Å². The maximum Gasteiger partial charge on any atom is 0.240 e. The number of carbonyl (C=O) groups excluding carboxylic acids is 2. The van der Waals surface area contributed by atoms with E-state index in [4.69, 9.17) is 25.8 Å². The molecular weight excluding hydrogens is 470 g/mol. The third-order valence-corrected chi connectivity index (χ3v) is 5.10. The van der Waals surface area contributed by atoms with Crippen molar-refractivity contribution in [3.8, 4) is 17.2 Å². The number of anilines is 1. The molecule has 2 amide bonds. The lowest BCUT2D eigenvalue weighted by Crippen LogP contribution is -2.20. The number of methoxy groups -OCH3 is 2. The van der Waals surface area contributed by atoms with E-state index in [1.54, 1.807) is 68.8 Å². The van der Waals surface area contributed by atoms with Crippen molar-refractivity contribution in [2.24, 2.45) is 5.10 Å². The van der Waals surface area contributed by atoms with Gasteiger partial charge in [0, 0.05) is 23.6 Å². The molecule has 0 heterocycles. The van der Waals surface area contributed by atoms with Crippen LogP contribution in [0.1, 0.15) is 24.0 Å². The number of halogens is 1. The van der Waals surface area contributed by atoms with Gasteiger partial charge in [0.05, 0.1) is 20.4 Å². The van der Waals surface area contributed by atoms with Gasteiger partial charge in [-0.15, -0.1) is 0 Å². The third-order valence-electron chi connectivity index (χ3n) is 4.85. The smallest absolute Gasteiger partial charge is 0.240 e. The number of nitrogens with one attached hydrogen (secondary N) is 2. The van der Waals surface area contributed by atoms with Gasteiger partial charge < -0.3 is 19.5 Å². The summed E-state index contributed by atoms with van der Waals surface area (Å²) >= 11 is 5.90.